The van der Waals surface area contributed by atoms with Crippen LogP contribution in [0.15, 0.2) is 80.3 Å². The summed E-state index contributed by atoms with van der Waals surface area (Å²) in [6.07, 6.45) is 0. The molecule has 0 aliphatic heterocycles. The zero-order valence-electron chi connectivity index (χ0n) is 18.3. The maximum absolute atomic E-state index is 11.4. The first-order valence-electron chi connectivity index (χ1n) is 9.85. The van der Waals surface area contributed by atoms with E-state index in [2.05, 4.69) is 13.2 Å². The van der Waals surface area contributed by atoms with Crippen molar-refractivity contribution in [2.24, 2.45) is 0 Å². The largest absolute Gasteiger partial charge is 0.461 e. The smallest absolute Gasteiger partial charge is 0.333 e. The highest BCUT2D eigenvalue weighted by Crippen LogP contribution is 2.37. The zero-order chi connectivity index (χ0) is 24.4. The van der Waals surface area contributed by atoms with E-state index in [0.29, 0.717) is 45.9 Å². The second-order valence-electron chi connectivity index (χ2n) is 6.82. The molecule has 0 spiro atoms. The molecule has 0 N–H and O–H groups in total. The Morgan fingerprint density at radius 1 is 0.788 bits per heavy atom. The molecule has 0 aliphatic rings. The maximum atomic E-state index is 11.4. The second-order valence-corrected chi connectivity index (χ2v) is 11.1. The van der Waals surface area contributed by atoms with Gasteiger partial charge in [0.2, 0.25) is 0 Å². The van der Waals surface area contributed by atoms with Crippen LogP contribution in [0, 0.1) is 0 Å². The van der Waals surface area contributed by atoms with Gasteiger partial charge in [-0.2, -0.15) is 0 Å². The summed E-state index contributed by atoms with van der Waals surface area (Å²) >= 11 is 17.5. The third kappa shape index (κ3) is 9.71. The molecule has 9 heteroatoms. The van der Waals surface area contributed by atoms with Crippen molar-refractivity contribution in [2.75, 3.05) is 24.7 Å². The molecule has 4 nitrogen and oxygen atoms in total. The lowest BCUT2D eigenvalue weighted by molar-refractivity contribution is -0.139. The summed E-state index contributed by atoms with van der Waals surface area (Å²) in [5.41, 5.74) is 0.769. The number of esters is 2. The van der Waals surface area contributed by atoms with E-state index < -0.39 is 0 Å². The Hall–Kier alpha value is -1.51. The molecule has 176 valence electrons. The molecule has 0 atom stereocenters. The molecule has 0 aliphatic carbocycles. The highest BCUT2D eigenvalue weighted by Gasteiger charge is 2.09. The predicted octanol–water partition coefficient (Wildman–Crippen LogP) is 7.57. The van der Waals surface area contributed by atoms with Crippen LogP contribution >= 0.6 is 58.5 Å². The SMILES string of the molecule is C=C(C)C(=O)OCCSc1ccc(Sc2ccc(SCCOC(=O)C(=C)C)c(Cl)c2)cc1Cl. The number of hydrogen-bond acceptors (Lipinski definition) is 7. The van der Waals surface area contributed by atoms with Gasteiger partial charge in [0.05, 0.1) is 10.0 Å². The first-order chi connectivity index (χ1) is 15.7. The first-order valence-corrected chi connectivity index (χ1v) is 13.4. The van der Waals surface area contributed by atoms with E-state index in [1.165, 1.54) is 23.5 Å². The number of halogens is 2. The molecule has 0 saturated carbocycles. The Bertz CT molecular complexity index is 959. The van der Waals surface area contributed by atoms with Crippen molar-refractivity contribution < 1.29 is 19.1 Å². The van der Waals surface area contributed by atoms with Crippen molar-refractivity contribution in [3.8, 4) is 0 Å². The summed E-state index contributed by atoms with van der Waals surface area (Å²) < 4.78 is 10.2. The lowest BCUT2D eigenvalue weighted by Crippen LogP contribution is -2.07. The second kappa shape index (κ2) is 14.0. The Balaban J connectivity index is 1.86. The van der Waals surface area contributed by atoms with Crippen molar-refractivity contribution in [1.82, 2.24) is 0 Å². The van der Waals surface area contributed by atoms with E-state index in [1.54, 1.807) is 25.6 Å². The number of benzene rings is 2. The highest BCUT2D eigenvalue weighted by molar-refractivity contribution is 8.00. The van der Waals surface area contributed by atoms with Crippen LogP contribution < -0.4 is 0 Å². The van der Waals surface area contributed by atoms with Gasteiger partial charge in [-0.25, -0.2) is 9.59 Å². The quantitative estimate of drug-likeness (QED) is 0.118. The minimum Gasteiger partial charge on any atom is -0.461 e. The summed E-state index contributed by atoms with van der Waals surface area (Å²) in [5, 5.41) is 1.28. The van der Waals surface area contributed by atoms with Gasteiger partial charge in [-0.15, -0.1) is 23.5 Å². The van der Waals surface area contributed by atoms with Crippen molar-refractivity contribution in [3.05, 3.63) is 70.7 Å². The molecule has 2 rings (SSSR count). The van der Waals surface area contributed by atoms with Gasteiger partial charge in [0.15, 0.2) is 0 Å². The summed E-state index contributed by atoms with van der Waals surface area (Å²) in [4.78, 5) is 26.6. The number of carbonyl (C=O) groups is 2. The van der Waals surface area contributed by atoms with Crippen molar-refractivity contribution >= 4 is 70.4 Å². The van der Waals surface area contributed by atoms with E-state index in [9.17, 15) is 9.59 Å². The van der Waals surface area contributed by atoms with Crippen LogP contribution in [0.3, 0.4) is 0 Å². The topological polar surface area (TPSA) is 52.6 Å². The molecule has 0 heterocycles. The van der Waals surface area contributed by atoms with Crippen LogP contribution in [0.4, 0.5) is 0 Å². The molecule has 2 aromatic carbocycles. The highest BCUT2D eigenvalue weighted by atomic mass is 35.5. The summed E-state index contributed by atoms with van der Waals surface area (Å²) in [6, 6.07) is 11.7. The van der Waals surface area contributed by atoms with Gasteiger partial charge >= 0.3 is 11.9 Å². The maximum Gasteiger partial charge on any atom is 0.333 e. The van der Waals surface area contributed by atoms with E-state index in [4.69, 9.17) is 32.7 Å². The fourth-order valence-electron chi connectivity index (χ4n) is 2.28. The molecular weight excluding hydrogens is 519 g/mol. The number of carbonyl (C=O) groups excluding carboxylic acids is 2. The minimum atomic E-state index is -0.386. The van der Waals surface area contributed by atoms with Crippen molar-refractivity contribution in [2.45, 2.75) is 33.4 Å². The van der Waals surface area contributed by atoms with Gasteiger partial charge < -0.3 is 9.47 Å². The summed E-state index contributed by atoms with van der Waals surface area (Å²) in [5.74, 6) is 0.434. The van der Waals surface area contributed by atoms with Gasteiger partial charge in [0.1, 0.15) is 13.2 Å². The van der Waals surface area contributed by atoms with Crippen LogP contribution in [0.2, 0.25) is 10.0 Å². The lowest BCUT2D eigenvalue weighted by atomic mass is 10.3. The van der Waals surface area contributed by atoms with Crippen LogP contribution in [-0.2, 0) is 19.1 Å². The number of hydrogen-bond donors (Lipinski definition) is 0. The molecular formula is C24H24Cl2O4S3. The van der Waals surface area contributed by atoms with Gasteiger partial charge in [0, 0.05) is 42.2 Å². The van der Waals surface area contributed by atoms with E-state index in [1.807, 2.05) is 36.4 Å². The lowest BCUT2D eigenvalue weighted by Gasteiger charge is -2.09. The van der Waals surface area contributed by atoms with Gasteiger partial charge in [-0.3, -0.25) is 0 Å². The molecule has 0 fully saturated rings. The first kappa shape index (κ1) is 27.7. The standard InChI is InChI=1S/C24H24Cl2O4S3/c1-15(2)23(27)29-9-11-31-21-7-5-17(13-19(21)25)33-18-6-8-22(20(26)14-18)32-12-10-30-24(28)16(3)4/h5-8,13-14H,1,3,9-12H2,2,4H3. The normalized spacial score (nSPS) is 10.5. The molecule has 33 heavy (non-hydrogen) atoms. The molecule has 0 radical (unpaired) electrons. The van der Waals surface area contributed by atoms with E-state index in [0.717, 1.165) is 19.6 Å². The van der Waals surface area contributed by atoms with E-state index >= 15 is 0 Å². The molecule has 0 unspecified atom stereocenters. The average Bonchev–Trinajstić information content (AvgIpc) is 2.76. The Labute approximate surface area is 217 Å². The molecule has 2 aromatic rings. The van der Waals surface area contributed by atoms with Crippen LogP contribution in [-0.4, -0.2) is 36.7 Å². The molecule has 0 amide bonds. The Morgan fingerprint density at radius 3 is 1.52 bits per heavy atom. The fraction of sp³-hybridized carbons (Fsp3) is 0.250. The minimum absolute atomic E-state index is 0.294. The third-order valence-electron chi connectivity index (χ3n) is 3.89. The van der Waals surface area contributed by atoms with Gasteiger partial charge in [-0.05, 0) is 50.2 Å². The third-order valence-corrected chi connectivity index (χ3v) is 7.79. The monoisotopic (exact) mass is 542 g/mol. The van der Waals surface area contributed by atoms with Crippen molar-refractivity contribution in [3.63, 3.8) is 0 Å². The van der Waals surface area contributed by atoms with Crippen LogP contribution in [0.1, 0.15) is 13.8 Å². The summed E-state index contributed by atoms with van der Waals surface area (Å²) in [6.45, 7) is 10.9. The molecule has 0 bridgehead atoms. The van der Waals surface area contributed by atoms with Crippen LogP contribution in [0.5, 0.6) is 0 Å². The van der Waals surface area contributed by atoms with Gasteiger partial charge in [0.25, 0.3) is 0 Å². The fourth-order valence-corrected chi connectivity index (χ4v) is 5.49. The average molecular weight is 544 g/mol. The molecule has 0 saturated heterocycles. The van der Waals surface area contributed by atoms with E-state index in [-0.39, 0.29) is 11.9 Å². The predicted molar refractivity (Wildman–Crippen MR) is 140 cm³/mol. The Morgan fingerprint density at radius 2 is 1.18 bits per heavy atom. The number of ether oxygens (including phenoxy) is 2. The van der Waals surface area contributed by atoms with Gasteiger partial charge in [-0.1, -0.05) is 48.1 Å². The van der Waals surface area contributed by atoms with Crippen molar-refractivity contribution in [1.29, 1.82) is 0 Å². The number of rotatable bonds is 12. The molecule has 0 aromatic heterocycles. The Kier molecular flexibility index (Phi) is 11.8. The van der Waals surface area contributed by atoms with Crippen LogP contribution in [0.25, 0.3) is 0 Å². The summed E-state index contributed by atoms with van der Waals surface area (Å²) in [7, 11) is 0. The zero-order valence-corrected chi connectivity index (χ0v) is 22.3. The number of thioether (sulfide) groups is 2.